The Labute approximate surface area is 109 Å². The first kappa shape index (κ1) is 13.9. The molecule has 1 amide bonds. The number of nitrogens with one attached hydrogen (secondary N) is 1. The van der Waals surface area contributed by atoms with Crippen molar-refractivity contribution >= 4 is 15.7 Å². The molecule has 4 nitrogen and oxygen atoms in total. The maximum atomic E-state index is 13.0. The molecule has 1 saturated heterocycles. The minimum Gasteiger partial charge on any atom is -0.356 e. The lowest BCUT2D eigenvalue weighted by Gasteiger charge is -2.21. The molecular weight excluding hydrogens is 276 g/mol. The third-order valence-corrected chi connectivity index (χ3v) is 4.88. The summed E-state index contributed by atoms with van der Waals surface area (Å²) in [6, 6.07) is 2.42. The quantitative estimate of drug-likeness (QED) is 0.852. The molecule has 1 aromatic carbocycles. The fourth-order valence-corrected chi connectivity index (χ4v) is 3.62. The Hall–Kier alpha value is -1.50. The van der Waals surface area contributed by atoms with E-state index >= 15 is 0 Å². The minimum atomic E-state index is -3.80. The van der Waals surface area contributed by atoms with Crippen molar-refractivity contribution < 1.29 is 22.0 Å². The Morgan fingerprint density at radius 3 is 2.63 bits per heavy atom. The van der Waals surface area contributed by atoms with E-state index in [1.807, 2.05) is 0 Å². The first-order chi connectivity index (χ1) is 8.90. The fourth-order valence-electron chi connectivity index (χ4n) is 2.03. The van der Waals surface area contributed by atoms with Crippen molar-refractivity contribution in [2.24, 2.45) is 5.92 Å². The topological polar surface area (TPSA) is 63.2 Å². The van der Waals surface area contributed by atoms with Crippen LogP contribution in [0.1, 0.15) is 12.8 Å². The number of carbonyl (C=O) groups is 1. The predicted octanol–water partition coefficient (Wildman–Crippen LogP) is 1.26. The van der Waals surface area contributed by atoms with Crippen LogP contribution in [-0.2, 0) is 14.6 Å². The molecule has 1 aromatic rings. The van der Waals surface area contributed by atoms with Gasteiger partial charge in [-0.25, -0.2) is 17.2 Å². The van der Waals surface area contributed by atoms with Crippen LogP contribution in [-0.4, -0.2) is 26.6 Å². The first-order valence-corrected chi connectivity index (χ1v) is 7.51. The second-order valence-electron chi connectivity index (χ2n) is 4.49. The van der Waals surface area contributed by atoms with Crippen molar-refractivity contribution in [2.75, 3.05) is 12.3 Å². The lowest BCUT2D eigenvalue weighted by Crippen LogP contribution is -2.39. The highest BCUT2D eigenvalue weighted by Crippen LogP contribution is 2.21. The highest BCUT2D eigenvalue weighted by Gasteiger charge is 2.29. The maximum absolute atomic E-state index is 13.0. The molecule has 0 spiro atoms. The first-order valence-electron chi connectivity index (χ1n) is 5.85. The molecule has 1 heterocycles. The average Bonchev–Trinajstić information content (AvgIpc) is 2.35. The molecule has 0 radical (unpaired) electrons. The summed E-state index contributed by atoms with van der Waals surface area (Å²) in [4.78, 5) is 11.2. The summed E-state index contributed by atoms with van der Waals surface area (Å²) in [5, 5.41) is 2.59. The summed E-state index contributed by atoms with van der Waals surface area (Å²) in [7, 11) is -3.80. The SMILES string of the molecule is O=C1NCCC[C@@H]1CS(=O)(=O)c1ccc(F)c(F)c1. The molecule has 0 aliphatic carbocycles. The summed E-state index contributed by atoms with van der Waals surface area (Å²) < 4.78 is 49.9. The Balaban J connectivity index is 2.22. The van der Waals surface area contributed by atoms with E-state index in [1.165, 1.54) is 0 Å². The average molecular weight is 289 g/mol. The van der Waals surface area contributed by atoms with Crippen molar-refractivity contribution in [3.05, 3.63) is 29.8 Å². The van der Waals surface area contributed by atoms with Gasteiger partial charge in [0.1, 0.15) is 0 Å². The number of hydrogen-bond acceptors (Lipinski definition) is 3. The Bertz CT molecular complexity index is 601. The molecule has 7 heteroatoms. The maximum Gasteiger partial charge on any atom is 0.224 e. The van der Waals surface area contributed by atoms with E-state index in [4.69, 9.17) is 0 Å². The zero-order valence-corrected chi connectivity index (χ0v) is 10.8. The minimum absolute atomic E-state index is 0.301. The van der Waals surface area contributed by atoms with Gasteiger partial charge < -0.3 is 5.32 Å². The number of carbonyl (C=O) groups excluding carboxylic acids is 1. The highest BCUT2D eigenvalue weighted by molar-refractivity contribution is 7.91. The van der Waals surface area contributed by atoms with Crippen LogP contribution in [0, 0.1) is 17.6 Å². The fraction of sp³-hybridized carbons (Fsp3) is 0.417. The van der Waals surface area contributed by atoms with E-state index in [-0.39, 0.29) is 16.6 Å². The van der Waals surface area contributed by atoms with Crippen molar-refractivity contribution in [1.82, 2.24) is 5.32 Å². The van der Waals surface area contributed by atoms with Crippen LogP contribution in [0.3, 0.4) is 0 Å². The number of sulfone groups is 1. The van der Waals surface area contributed by atoms with E-state index in [1.54, 1.807) is 0 Å². The van der Waals surface area contributed by atoms with Gasteiger partial charge in [0.15, 0.2) is 21.5 Å². The predicted molar refractivity (Wildman–Crippen MR) is 64.1 cm³/mol. The van der Waals surface area contributed by atoms with Crippen LogP contribution in [0.4, 0.5) is 8.78 Å². The lowest BCUT2D eigenvalue weighted by molar-refractivity contribution is -0.125. The number of amides is 1. The number of benzene rings is 1. The van der Waals surface area contributed by atoms with Crippen molar-refractivity contribution in [3.63, 3.8) is 0 Å². The van der Waals surface area contributed by atoms with Crippen LogP contribution < -0.4 is 5.32 Å². The zero-order chi connectivity index (χ0) is 14.0. The van der Waals surface area contributed by atoms with Gasteiger partial charge in [0.25, 0.3) is 0 Å². The Morgan fingerprint density at radius 1 is 1.26 bits per heavy atom. The standard InChI is InChI=1S/C12H13F2NO3S/c13-10-4-3-9(6-11(10)14)19(17,18)7-8-2-1-5-15-12(8)16/h3-4,6,8H,1-2,5,7H2,(H,15,16)/t8-/m1/s1. The summed E-state index contributed by atoms with van der Waals surface area (Å²) in [5.41, 5.74) is 0. The zero-order valence-electron chi connectivity index (χ0n) is 10.0. The van der Waals surface area contributed by atoms with E-state index in [0.29, 0.717) is 25.5 Å². The van der Waals surface area contributed by atoms with Gasteiger partial charge in [-0.3, -0.25) is 4.79 Å². The summed E-state index contributed by atoms with van der Waals surface area (Å²) in [5.74, 6) is -3.64. The van der Waals surface area contributed by atoms with Crippen LogP contribution in [0.25, 0.3) is 0 Å². The van der Waals surface area contributed by atoms with Crippen LogP contribution in [0.5, 0.6) is 0 Å². The smallest absolute Gasteiger partial charge is 0.224 e. The lowest BCUT2D eigenvalue weighted by atomic mass is 10.0. The van der Waals surface area contributed by atoms with Gasteiger partial charge >= 0.3 is 0 Å². The summed E-state index contributed by atoms with van der Waals surface area (Å²) >= 11 is 0. The molecule has 1 aliphatic rings. The van der Waals surface area contributed by atoms with Crippen LogP contribution >= 0.6 is 0 Å². The third-order valence-electron chi connectivity index (χ3n) is 3.07. The normalized spacial score (nSPS) is 20.1. The Kier molecular flexibility index (Phi) is 3.84. The molecule has 0 bridgehead atoms. The van der Waals surface area contributed by atoms with E-state index < -0.39 is 27.4 Å². The number of halogens is 2. The summed E-state index contributed by atoms with van der Waals surface area (Å²) in [6.45, 7) is 0.542. The molecule has 1 N–H and O–H groups in total. The molecule has 2 rings (SSSR count). The summed E-state index contributed by atoms with van der Waals surface area (Å²) in [6.07, 6.45) is 1.19. The molecule has 0 unspecified atom stereocenters. The molecule has 1 aliphatic heterocycles. The van der Waals surface area contributed by atoms with Gasteiger partial charge in [-0.05, 0) is 31.0 Å². The number of rotatable bonds is 3. The number of hydrogen-bond donors (Lipinski definition) is 1. The van der Waals surface area contributed by atoms with Crippen LogP contribution in [0.15, 0.2) is 23.1 Å². The van der Waals surface area contributed by atoms with Gasteiger partial charge in [0, 0.05) is 6.54 Å². The number of piperidine rings is 1. The van der Waals surface area contributed by atoms with E-state index in [2.05, 4.69) is 5.32 Å². The van der Waals surface area contributed by atoms with E-state index in [0.717, 1.165) is 12.1 Å². The van der Waals surface area contributed by atoms with Crippen molar-refractivity contribution in [2.45, 2.75) is 17.7 Å². The largest absolute Gasteiger partial charge is 0.356 e. The van der Waals surface area contributed by atoms with Crippen LogP contribution in [0.2, 0.25) is 0 Å². The van der Waals surface area contributed by atoms with Crippen molar-refractivity contribution in [1.29, 1.82) is 0 Å². The molecule has 19 heavy (non-hydrogen) atoms. The third kappa shape index (κ3) is 3.09. The second-order valence-corrected chi connectivity index (χ2v) is 6.52. The molecular formula is C12H13F2NO3S. The van der Waals surface area contributed by atoms with Gasteiger partial charge in [-0.15, -0.1) is 0 Å². The molecule has 1 fully saturated rings. The van der Waals surface area contributed by atoms with Gasteiger partial charge in [-0.2, -0.15) is 0 Å². The van der Waals surface area contributed by atoms with Gasteiger partial charge in [0.05, 0.1) is 16.6 Å². The van der Waals surface area contributed by atoms with Gasteiger partial charge in [0.2, 0.25) is 5.91 Å². The second kappa shape index (κ2) is 5.24. The van der Waals surface area contributed by atoms with Crippen molar-refractivity contribution in [3.8, 4) is 0 Å². The van der Waals surface area contributed by atoms with Gasteiger partial charge in [-0.1, -0.05) is 0 Å². The van der Waals surface area contributed by atoms with E-state index in [9.17, 15) is 22.0 Å². The molecule has 0 saturated carbocycles. The molecule has 104 valence electrons. The molecule has 0 aromatic heterocycles. The monoisotopic (exact) mass is 289 g/mol. The highest BCUT2D eigenvalue weighted by atomic mass is 32.2. The molecule has 1 atom stereocenters. The Morgan fingerprint density at radius 2 is 2.00 bits per heavy atom.